The maximum absolute atomic E-state index is 12.5. The number of nitrogens with one attached hydrogen (secondary N) is 2. The van der Waals surface area contributed by atoms with Crippen molar-refractivity contribution in [1.82, 2.24) is 5.32 Å². The molecule has 2 fully saturated rings. The molecule has 158 valence electrons. The SMILES string of the molecule is CC(NC(=O)C1(N)CCCCC1)C(=O)Nc1cccc(N2CCCC2)c1.Cl.Cl. The summed E-state index contributed by atoms with van der Waals surface area (Å²) in [6.07, 6.45) is 6.84. The standard InChI is InChI=1S/C20H30N4O2.2ClH/c1-15(22-19(26)20(21)10-3-2-4-11-20)18(25)23-16-8-7-9-17(14-16)24-12-5-6-13-24;;/h7-9,14-15H,2-6,10-13,21H2,1H3,(H,22,26)(H,23,25);2*1H. The molecule has 1 saturated carbocycles. The first-order valence-electron chi connectivity index (χ1n) is 9.74. The Hall–Kier alpha value is -1.50. The molecule has 0 aromatic heterocycles. The van der Waals surface area contributed by atoms with Crippen LogP contribution < -0.4 is 21.3 Å². The average molecular weight is 431 g/mol. The molecule has 1 saturated heterocycles. The van der Waals surface area contributed by atoms with Crippen LogP contribution in [0.25, 0.3) is 0 Å². The Balaban J connectivity index is 0.00000196. The first-order valence-corrected chi connectivity index (χ1v) is 9.74. The number of rotatable bonds is 5. The number of halogens is 2. The Morgan fingerprint density at radius 2 is 1.71 bits per heavy atom. The van der Waals surface area contributed by atoms with Gasteiger partial charge in [0.15, 0.2) is 0 Å². The number of amides is 2. The highest BCUT2D eigenvalue weighted by molar-refractivity contribution is 5.98. The van der Waals surface area contributed by atoms with Crippen molar-refractivity contribution in [1.29, 1.82) is 0 Å². The van der Waals surface area contributed by atoms with Crippen molar-refractivity contribution in [3.63, 3.8) is 0 Å². The molecule has 28 heavy (non-hydrogen) atoms. The van der Waals surface area contributed by atoms with Crippen molar-refractivity contribution >= 4 is 48.0 Å². The highest BCUT2D eigenvalue weighted by Crippen LogP contribution is 2.26. The van der Waals surface area contributed by atoms with E-state index in [-0.39, 0.29) is 36.6 Å². The minimum absolute atomic E-state index is 0. The molecule has 6 nitrogen and oxygen atoms in total. The minimum Gasteiger partial charge on any atom is -0.371 e. The van der Waals surface area contributed by atoms with Gasteiger partial charge >= 0.3 is 0 Å². The fourth-order valence-electron chi connectivity index (χ4n) is 3.82. The minimum atomic E-state index is -0.831. The van der Waals surface area contributed by atoms with Crippen molar-refractivity contribution in [3.8, 4) is 0 Å². The molecule has 1 aliphatic carbocycles. The van der Waals surface area contributed by atoms with E-state index in [2.05, 4.69) is 21.6 Å². The van der Waals surface area contributed by atoms with Crippen molar-refractivity contribution in [2.24, 2.45) is 5.73 Å². The van der Waals surface area contributed by atoms with Crippen LogP contribution in [0.4, 0.5) is 11.4 Å². The maximum Gasteiger partial charge on any atom is 0.246 e. The highest BCUT2D eigenvalue weighted by Gasteiger charge is 2.36. The van der Waals surface area contributed by atoms with Crippen LogP contribution in [0, 0.1) is 0 Å². The molecule has 8 heteroatoms. The molecule has 1 aromatic rings. The van der Waals surface area contributed by atoms with Gasteiger partial charge < -0.3 is 21.3 Å². The van der Waals surface area contributed by atoms with Gasteiger partial charge in [-0.05, 0) is 50.8 Å². The van der Waals surface area contributed by atoms with E-state index in [1.54, 1.807) is 6.92 Å². The lowest BCUT2D eigenvalue weighted by Gasteiger charge is -2.32. The van der Waals surface area contributed by atoms with Crippen LogP contribution in [0.2, 0.25) is 0 Å². The predicted molar refractivity (Wildman–Crippen MR) is 119 cm³/mol. The van der Waals surface area contributed by atoms with Crippen molar-refractivity contribution in [2.75, 3.05) is 23.3 Å². The number of anilines is 2. The second-order valence-corrected chi connectivity index (χ2v) is 7.65. The predicted octanol–water partition coefficient (Wildman–Crippen LogP) is 3.24. The molecule has 0 radical (unpaired) electrons. The summed E-state index contributed by atoms with van der Waals surface area (Å²) in [5.74, 6) is -0.443. The average Bonchev–Trinajstić information content (AvgIpc) is 3.17. The largest absolute Gasteiger partial charge is 0.371 e. The topological polar surface area (TPSA) is 87.5 Å². The zero-order valence-electron chi connectivity index (χ0n) is 16.4. The molecule has 1 heterocycles. The Morgan fingerprint density at radius 3 is 2.36 bits per heavy atom. The van der Waals surface area contributed by atoms with Crippen molar-refractivity contribution in [2.45, 2.75) is 63.5 Å². The van der Waals surface area contributed by atoms with Gasteiger partial charge in [0.05, 0.1) is 5.54 Å². The molecule has 2 amide bonds. The zero-order valence-corrected chi connectivity index (χ0v) is 18.0. The van der Waals surface area contributed by atoms with E-state index in [0.29, 0.717) is 12.8 Å². The van der Waals surface area contributed by atoms with Gasteiger partial charge in [0.1, 0.15) is 6.04 Å². The number of nitrogens with two attached hydrogens (primary N) is 1. The Labute approximate surface area is 179 Å². The van der Waals surface area contributed by atoms with Gasteiger partial charge in [-0.15, -0.1) is 24.8 Å². The van der Waals surface area contributed by atoms with Crippen LogP contribution in [0.5, 0.6) is 0 Å². The molecule has 1 atom stereocenters. The lowest BCUT2D eigenvalue weighted by molar-refractivity contribution is -0.131. The smallest absolute Gasteiger partial charge is 0.246 e. The van der Waals surface area contributed by atoms with Gasteiger partial charge in [-0.1, -0.05) is 25.3 Å². The van der Waals surface area contributed by atoms with Crippen LogP contribution in [0.3, 0.4) is 0 Å². The van der Waals surface area contributed by atoms with Crippen molar-refractivity contribution < 1.29 is 9.59 Å². The Kier molecular flexibility index (Phi) is 9.54. The Morgan fingerprint density at radius 1 is 1.07 bits per heavy atom. The van der Waals surface area contributed by atoms with Gasteiger partial charge in [-0.2, -0.15) is 0 Å². The van der Waals surface area contributed by atoms with Gasteiger partial charge in [-0.3, -0.25) is 9.59 Å². The molecule has 4 N–H and O–H groups in total. The monoisotopic (exact) mass is 430 g/mol. The van der Waals surface area contributed by atoms with Crippen LogP contribution >= 0.6 is 24.8 Å². The molecule has 0 spiro atoms. The third kappa shape index (κ3) is 6.00. The maximum atomic E-state index is 12.5. The number of hydrogen-bond donors (Lipinski definition) is 3. The second kappa shape index (κ2) is 10.9. The van der Waals surface area contributed by atoms with E-state index >= 15 is 0 Å². The number of benzene rings is 1. The fraction of sp³-hybridized carbons (Fsp3) is 0.600. The third-order valence-corrected chi connectivity index (χ3v) is 5.52. The molecule has 3 rings (SSSR count). The zero-order chi connectivity index (χ0) is 18.6. The van der Waals surface area contributed by atoms with E-state index in [0.717, 1.165) is 43.7 Å². The van der Waals surface area contributed by atoms with Gasteiger partial charge in [0, 0.05) is 24.5 Å². The van der Waals surface area contributed by atoms with Crippen LogP contribution in [0.1, 0.15) is 51.9 Å². The van der Waals surface area contributed by atoms with E-state index in [4.69, 9.17) is 5.73 Å². The number of hydrogen-bond acceptors (Lipinski definition) is 4. The summed E-state index contributed by atoms with van der Waals surface area (Å²) in [5.41, 5.74) is 7.29. The quantitative estimate of drug-likeness (QED) is 0.668. The summed E-state index contributed by atoms with van der Waals surface area (Å²) in [5, 5.41) is 5.70. The van der Waals surface area contributed by atoms with E-state index in [1.165, 1.54) is 12.8 Å². The second-order valence-electron chi connectivity index (χ2n) is 7.65. The van der Waals surface area contributed by atoms with Crippen molar-refractivity contribution in [3.05, 3.63) is 24.3 Å². The van der Waals surface area contributed by atoms with Gasteiger partial charge in [-0.25, -0.2) is 0 Å². The van der Waals surface area contributed by atoms with Crippen LogP contribution in [0.15, 0.2) is 24.3 Å². The Bertz CT molecular complexity index is 659. The van der Waals surface area contributed by atoms with Crippen LogP contribution in [-0.2, 0) is 9.59 Å². The first-order chi connectivity index (χ1) is 12.5. The molecular weight excluding hydrogens is 399 g/mol. The van der Waals surface area contributed by atoms with E-state index in [1.807, 2.05) is 18.2 Å². The number of carbonyl (C=O) groups is 2. The molecular formula is C20H32Cl2N4O2. The van der Waals surface area contributed by atoms with E-state index < -0.39 is 11.6 Å². The normalized spacial score (nSPS) is 19.0. The fourth-order valence-corrected chi connectivity index (χ4v) is 3.82. The molecule has 2 aliphatic rings. The lowest BCUT2D eigenvalue weighted by atomic mass is 9.82. The number of carbonyl (C=O) groups excluding carboxylic acids is 2. The molecule has 1 aromatic carbocycles. The molecule has 1 aliphatic heterocycles. The molecule has 0 bridgehead atoms. The number of nitrogens with zero attached hydrogens (tertiary/aromatic N) is 1. The summed E-state index contributed by atoms with van der Waals surface area (Å²) >= 11 is 0. The third-order valence-electron chi connectivity index (χ3n) is 5.52. The summed E-state index contributed by atoms with van der Waals surface area (Å²) in [6.45, 7) is 3.81. The van der Waals surface area contributed by atoms with Crippen LogP contribution in [-0.4, -0.2) is 36.5 Å². The lowest BCUT2D eigenvalue weighted by Crippen LogP contribution is -2.58. The summed E-state index contributed by atoms with van der Waals surface area (Å²) in [4.78, 5) is 27.3. The highest BCUT2D eigenvalue weighted by atomic mass is 35.5. The first kappa shape index (κ1) is 24.5. The van der Waals surface area contributed by atoms with Gasteiger partial charge in [0.25, 0.3) is 0 Å². The summed E-state index contributed by atoms with van der Waals surface area (Å²) in [7, 11) is 0. The van der Waals surface area contributed by atoms with Gasteiger partial charge in [0.2, 0.25) is 11.8 Å². The van der Waals surface area contributed by atoms with E-state index in [9.17, 15) is 9.59 Å². The summed E-state index contributed by atoms with van der Waals surface area (Å²) < 4.78 is 0. The molecule has 1 unspecified atom stereocenters. The summed E-state index contributed by atoms with van der Waals surface area (Å²) in [6, 6.07) is 7.25.